The molecule has 3 rings (SSSR count). The lowest BCUT2D eigenvalue weighted by Gasteiger charge is -2.39. The number of anilines is 1. The van der Waals surface area contributed by atoms with E-state index < -0.39 is 10.0 Å². The maximum Gasteiger partial charge on any atom is 0.320 e. The molecule has 1 N–H and O–H groups in total. The van der Waals surface area contributed by atoms with Crippen molar-refractivity contribution < 1.29 is 17.9 Å². The molecule has 0 saturated carbocycles. The van der Waals surface area contributed by atoms with Crippen LogP contribution in [0, 0.1) is 5.92 Å². The van der Waals surface area contributed by atoms with Crippen molar-refractivity contribution in [3.05, 3.63) is 29.8 Å². The number of benzene rings is 1. The van der Waals surface area contributed by atoms with Crippen LogP contribution < -0.4 is 4.72 Å². The Morgan fingerprint density at radius 3 is 2.48 bits per heavy atom. The second-order valence-electron chi connectivity index (χ2n) is 9.44. The Hall–Kier alpha value is -1.84. The smallest absolute Gasteiger partial charge is 0.320 e. The van der Waals surface area contributed by atoms with Crippen LogP contribution in [0.1, 0.15) is 38.7 Å². The molecular formula is C24H40N4O4S. The van der Waals surface area contributed by atoms with Crippen LogP contribution in [0.25, 0.3) is 0 Å². The van der Waals surface area contributed by atoms with Gasteiger partial charge in [0.15, 0.2) is 0 Å². The third-order valence-corrected chi connectivity index (χ3v) is 7.16. The molecule has 1 aromatic carbocycles. The predicted molar refractivity (Wildman–Crippen MR) is 132 cm³/mol. The molecule has 0 radical (unpaired) electrons. The molecule has 2 heterocycles. The number of sulfonamides is 1. The van der Waals surface area contributed by atoms with Crippen LogP contribution in [0.3, 0.4) is 0 Å². The number of nitrogens with zero attached hydrogens (tertiary/aromatic N) is 3. The van der Waals surface area contributed by atoms with Crippen LogP contribution in [0.5, 0.6) is 0 Å². The fourth-order valence-corrected chi connectivity index (χ4v) is 5.37. The van der Waals surface area contributed by atoms with Crippen LogP contribution in [0.4, 0.5) is 10.5 Å². The highest BCUT2D eigenvalue weighted by Gasteiger charge is 2.28. The van der Waals surface area contributed by atoms with Gasteiger partial charge in [0.1, 0.15) is 0 Å². The van der Waals surface area contributed by atoms with E-state index in [2.05, 4.69) is 29.5 Å². The number of morpholine rings is 1. The quantitative estimate of drug-likeness (QED) is 0.588. The van der Waals surface area contributed by atoms with Crippen LogP contribution in [0.2, 0.25) is 0 Å². The van der Waals surface area contributed by atoms with Crippen molar-refractivity contribution in [3.8, 4) is 0 Å². The Balaban J connectivity index is 1.52. The first-order chi connectivity index (χ1) is 15.7. The molecular weight excluding hydrogens is 440 g/mol. The molecule has 2 amide bonds. The number of nitrogens with one attached hydrogen (secondary N) is 1. The first kappa shape index (κ1) is 25.8. The number of piperidine rings is 1. The minimum atomic E-state index is -3.28. The highest BCUT2D eigenvalue weighted by molar-refractivity contribution is 7.92. The molecule has 2 aliphatic rings. The molecule has 0 aliphatic carbocycles. The normalized spacial score (nSPS) is 19.0. The van der Waals surface area contributed by atoms with Gasteiger partial charge in [-0.15, -0.1) is 0 Å². The summed E-state index contributed by atoms with van der Waals surface area (Å²) in [5.41, 5.74) is 1.74. The highest BCUT2D eigenvalue weighted by atomic mass is 32.2. The summed E-state index contributed by atoms with van der Waals surface area (Å²) in [7, 11) is -3.28. The number of rotatable bonds is 9. The molecule has 33 heavy (non-hydrogen) atoms. The Kier molecular flexibility index (Phi) is 9.40. The Bertz CT molecular complexity index is 865. The van der Waals surface area contributed by atoms with Gasteiger partial charge < -0.3 is 19.4 Å². The molecule has 186 valence electrons. The number of ether oxygens (including phenoxy) is 1. The molecule has 9 heteroatoms. The summed E-state index contributed by atoms with van der Waals surface area (Å²) in [5.74, 6) is 0.589. The molecule has 0 bridgehead atoms. The molecule has 2 aliphatic heterocycles. The van der Waals surface area contributed by atoms with E-state index in [1.54, 1.807) is 6.07 Å². The third-order valence-electron chi connectivity index (χ3n) is 6.55. The van der Waals surface area contributed by atoms with E-state index in [9.17, 15) is 13.2 Å². The molecule has 0 aromatic heterocycles. The van der Waals surface area contributed by atoms with Gasteiger partial charge >= 0.3 is 6.03 Å². The molecule has 8 nitrogen and oxygen atoms in total. The van der Waals surface area contributed by atoms with E-state index >= 15 is 0 Å². The highest BCUT2D eigenvalue weighted by Crippen LogP contribution is 2.22. The number of urea groups is 1. The van der Waals surface area contributed by atoms with Crippen LogP contribution in [-0.4, -0.2) is 93.9 Å². The van der Waals surface area contributed by atoms with Gasteiger partial charge in [-0.3, -0.25) is 4.72 Å². The van der Waals surface area contributed by atoms with Gasteiger partial charge in [0.25, 0.3) is 0 Å². The Morgan fingerprint density at radius 1 is 1.18 bits per heavy atom. The van der Waals surface area contributed by atoms with Crippen LogP contribution in [0.15, 0.2) is 24.3 Å². The number of carbonyl (C=O) groups excluding carboxylic acids is 1. The lowest BCUT2D eigenvalue weighted by atomic mass is 9.95. The molecule has 1 unspecified atom stereocenters. The average molecular weight is 481 g/mol. The van der Waals surface area contributed by atoms with Gasteiger partial charge in [0.2, 0.25) is 10.0 Å². The fraction of sp³-hybridized carbons (Fsp3) is 0.708. The zero-order valence-electron chi connectivity index (χ0n) is 20.3. The van der Waals surface area contributed by atoms with E-state index in [0.717, 1.165) is 57.4 Å². The Morgan fingerprint density at radius 2 is 1.85 bits per heavy atom. The van der Waals surface area contributed by atoms with Crippen molar-refractivity contribution in [2.24, 2.45) is 5.92 Å². The van der Waals surface area contributed by atoms with Crippen molar-refractivity contribution in [3.63, 3.8) is 0 Å². The fourth-order valence-electron chi connectivity index (χ4n) is 4.82. The van der Waals surface area contributed by atoms with Gasteiger partial charge in [0, 0.05) is 44.5 Å². The van der Waals surface area contributed by atoms with Crippen molar-refractivity contribution in [2.45, 2.75) is 45.6 Å². The monoisotopic (exact) mass is 480 g/mol. The summed E-state index contributed by atoms with van der Waals surface area (Å²) >= 11 is 0. The average Bonchev–Trinajstić information content (AvgIpc) is 2.78. The number of amides is 2. The number of carbonyl (C=O) groups is 1. The summed E-state index contributed by atoms with van der Waals surface area (Å²) < 4.78 is 31.0. The molecule has 2 saturated heterocycles. The minimum absolute atomic E-state index is 0.165. The topological polar surface area (TPSA) is 82.2 Å². The molecule has 1 atom stereocenters. The summed E-state index contributed by atoms with van der Waals surface area (Å²) in [6, 6.07) is 8.19. The largest absolute Gasteiger partial charge is 0.378 e. The Labute approximate surface area is 199 Å². The third kappa shape index (κ3) is 8.15. The lowest BCUT2D eigenvalue weighted by Crippen LogP contribution is -2.51. The van der Waals surface area contributed by atoms with Gasteiger partial charge in [-0.25, -0.2) is 13.2 Å². The number of likely N-dealkylation sites (tertiary alicyclic amines) is 1. The SMILES string of the molecule is CCCN(CC1CCN(C(=O)N2CCOCC2)CC1)C(C)Cc1cccc(NS(C)(=O)=O)c1. The summed E-state index contributed by atoms with van der Waals surface area (Å²) in [5, 5.41) is 0. The van der Waals surface area contributed by atoms with E-state index in [0.29, 0.717) is 44.0 Å². The number of hydrogen-bond donors (Lipinski definition) is 1. The van der Waals surface area contributed by atoms with Crippen molar-refractivity contribution >= 4 is 21.7 Å². The van der Waals surface area contributed by atoms with E-state index in [1.165, 1.54) is 6.26 Å². The van der Waals surface area contributed by atoms with Crippen LogP contribution >= 0.6 is 0 Å². The van der Waals surface area contributed by atoms with E-state index in [1.807, 2.05) is 21.9 Å². The second kappa shape index (κ2) is 12.0. The maximum atomic E-state index is 12.8. The van der Waals surface area contributed by atoms with E-state index in [4.69, 9.17) is 4.74 Å². The predicted octanol–water partition coefficient (Wildman–Crippen LogP) is 2.87. The van der Waals surface area contributed by atoms with Crippen LogP contribution in [-0.2, 0) is 21.2 Å². The van der Waals surface area contributed by atoms with Gasteiger partial charge in [0.05, 0.1) is 19.5 Å². The summed E-state index contributed by atoms with van der Waals surface area (Å²) in [6.07, 6.45) is 5.21. The molecule has 2 fully saturated rings. The van der Waals surface area contributed by atoms with Gasteiger partial charge in [-0.2, -0.15) is 0 Å². The molecule has 1 aromatic rings. The van der Waals surface area contributed by atoms with Gasteiger partial charge in [-0.1, -0.05) is 19.1 Å². The van der Waals surface area contributed by atoms with Gasteiger partial charge in [-0.05, 0) is 62.8 Å². The zero-order valence-corrected chi connectivity index (χ0v) is 21.1. The van der Waals surface area contributed by atoms with Crippen molar-refractivity contribution in [2.75, 3.05) is 63.5 Å². The van der Waals surface area contributed by atoms with E-state index in [-0.39, 0.29) is 6.03 Å². The first-order valence-corrected chi connectivity index (χ1v) is 14.1. The first-order valence-electron chi connectivity index (χ1n) is 12.2. The lowest BCUT2D eigenvalue weighted by molar-refractivity contribution is 0.0386. The van der Waals surface area contributed by atoms with Crippen molar-refractivity contribution in [1.82, 2.24) is 14.7 Å². The standard InChI is InChI=1S/C24H40N4O4S/c1-4-10-28(20(2)17-22-6-5-7-23(18-22)25-33(3,30)31)19-21-8-11-26(12-9-21)24(29)27-13-15-32-16-14-27/h5-7,18,20-21,25H,4,8-17,19H2,1-3H3. The second-order valence-corrected chi connectivity index (χ2v) is 11.2. The molecule has 0 spiro atoms. The maximum absolute atomic E-state index is 12.8. The van der Waals surface area contributed by atoms with Crippen molar-refractivity contribution in [1.29, 1.82) is 0 Å². The minimum Gasteiger partial charge on any atom is -0.378 e. The summed E-state index contributed by atoms with van der Waals surface area (Å²) in [4.78, 5) is 19.2. The zero-order chi connectivity index (χ0) is 23.8. The number of hydrogen-bond acceptors (Lipinski definition) is 5. The summed E-state index contributed by atoms with van der Waals surface area (Å²) in [6.45, 7) is 10.9.